The third-order valence-corrected chi connectivity index (χ3v) is 3.30. The van der Waals surface area contributed by atoms with Crippen LogP contribution < -0.4 is 0 Å². The summed E-state index contributed by atoms with van der Waals surface area (Å²) in [6.07, 6.45) is 3.44. The minimum absolute atomic E-state index is 0.0897. The van der Waals surface area contributed by atoms with Crippen molar-refractivity contribution in [3.8, 4) is 5.69 Å². The van der Waals surface area contributed by atoms with Crippen molar-refractivity contribution in [3.05, 3.63) is 49.1 Å². The SMILES string of the molecule is Cc1cc(-n2cc(Br)cn2)c(Br)cc1[N+](=O)[O-]. The summed E-state index contributed by atoms with van der Waals surface area (Å²) in [5.74, 6) is 0. The van der Waals surface area contributed by atoms with Crippen molar-refractivity contribution in [2.75, 3.05) is 0 Å². The number of aryl methyl sites for hydroxylation is 1. The van der Waals surface area contributed by atoms with Crippen LogP contribution in [0.2, 0.25) is 0 Å². The van der Waals surface area contributed by atoms with E-state index >= 15 is 0 Å². The first-order valence-electron chi connectivity index (χ1n) is 4.64. The molecule has 0 aliphatic heterocycles. The van der Waals surface area contributed by atoms with Crippen molar-refractivity contribution >= 4 is 37.5 Å². The maximum Gasteiger partial charge on any atom is 0.273 e. The van der Waals surface area contributed by atoms with Gasteiger partial charge in [0.15, 0.2) is 0 Å². The van der Waals surface area contributed by atoms with Gasteiger partial charge in [-0.25, -0.2) is 4.68 Å². The maximum atomic E-state index is 10.8. The van der Waals surface area contributed by atoms with Gasteiger partial charge in [-0.1, -0.05) is 0 Å². The van der Waals surface area contributed by atoms with Gasteiger partial charge in [-0.05, 0) is 44.8 Å². The van der Waals surface area contributed by atoms with E-state index in [2.05, 4.69) is 37.0 Å². The summed E-state index contributed by atoms with van der Waals surface area (Å²) in [5, 5.41) is 14.9. The minimum atomic E-state index is -0.400. The Hall–Kier alpha value is -1.21. The molecule has 88 valence electrons. The Bertz CT molecular complexity index is 595. The lowest BCUT2D eigenvalue weighted by Crippen LogP contribution is -1.99. The molecule has 7 heteroatoms. The van der Waals surface area contributed by atoms with Gasteiger partial charge in [-0.3, -0.25) is 10.1 Å². The minimum Gasteiger partial charge on any atom is -0.258 e. The number of halogens is 2. The Morgan fingerprint density at radius 3 is 2.65 bits per heavy atom. The van der Waals surface area contributed by atoms with E-state index in [1.54, 1.807) is 30.1 Å². The molecule has 0 bridgehead atoms. The Balaban J connectivity index is 2.57. The standard InChI is InChI=1S/C10H7Br2N3O2/c1-6-2-10(14-5-7(11)4-13-14)8(12)3-9(6)15(16)17/h2-5H,1H3. The summed E-state index contributed by atoms with van der Waals surface area (Å²) in [4.78, 5) is 10.4. The van der Waals surface area contributed by atoms with E-state index in [4.69, 9.17) is 0 Å². The molecular formula is C10H7Br2N3O2. The molecule has 0 fully saturated rings. The average Bonchev–Trinajstić information content (AvgIpc) is 2.67. The van der Waals surface area contributed by atoms with Crippen molar-refractivity contribution in [2.45, 2.75) is 6.92 Å². The molecule has 0 radical (unpaired) electrons. The third kappa shape index (κ3) is 2.39. The zero-order valence-corrected chi connectivity index (χ0v) is 11.9. The molecule has 0 unspecified atom stereocenters. The van der Waals surface area contributed by atoms with E-state index < -0.39 is 4.92 Å². The molecule has 2 aromatic rings. The highest BCUT2D eigenvalue weighted by Gasteiger charge is 2.15. The van der Waals surface area contributed by atoms with Crippen molar-refractivity contribution in [1.82, 2.24) is 9.78 Å². The predicted octanol–water partition coefficient (Wildman–Crippen LogP) is 3.61. The van der Waals surface area contributed by atoms with E-state index in [-0.39, 0.29) is 5.69 Å². The molecule has 5 nitrogen and oxygen atoms in total. The lowest BCUT2D eigenvalue weighted by atomic mass is 10.2. The van der Waals surface area contributed by atoms with Gasteiger partial charge in [-0.15, -0.1) is 0 Å². The summed E-state index contributed by atoms with van der Waals surface area (Å²) in [7, 11) is 0. The molecule has 2 rings (SSSR count). The zero-order chi connectivity index (χ0) is 12.6. The van der Waals surface area contributed by atoms with E-state index in [0.717, 1.165) is 10.2 Å². The molecule has 1 heterocycles. The van der Waals surface area contributed by atoms with Gasteiger partial charge in [-0.2, -0.15) is 5.10 Å². The van der Waals surface area contributed by atoms with Gasteiger partial charge >= 0.3 is 0 Å². The molecule has 0 aliphatic rings. The smallest absolute Gasteiger partial charge is 0.258 e. The van der Waals surface area contributed by atoms with Crippen molar-refractivity contribution in [1.29, 1.82) is 0 Å². The second-order valence-corrected chi connectivity index (χ2v) is 5.22. The number of nitrogens with zero attached hydrogens (tertiary/aromatic N) is 3. The fourth-order valence-electron chi connectivity index (χ4n) is 1.46. The molecular weight excluding hydrogens is 354 g/mol. The van der Waals surface area contributed by atoms with Crippen molar-refractivity contribution in [3.63, 3.8) is 0 Å². The number of nitro benzene ring substituents is 1. The third-order valence-electron chi connectivity index (χ3n) is 2.26. The summed E-state index contributed by atoms with van der Waals surface area (Å²) in [6.45, 7) is 1.70. The highest BCUT2D eigenvalue weighted by Crippen LogP contribution is 2.29. The maximum absolute atomic E-state index is 10.8. The van der Waals surface area contributed by atoms with Gasteiger partial charge in [0.1, 0.15) is 0 Å². The van der Waals surface area contributed by atoms with Crippen LogP contribution in [0.15, 0.2) is 33.5 Å². The Labute approximate surface area is 114 Å². The van der Waals surface area contributed by atoms with E-state index in [9.17, 15) is 10.1 Å². The molecule has 17 heavy (non-hydrogen) atoms. The molecule has 1 aromatic heterocycles. The molecule has 0 spiro atoms. The Kier molecular flexibility index (Phi) is 3.30. The number of hydrogen-bond donors (Lipinski definition) is 0. The van der Waals surface area contributed by atoms with Gasteiger partial charge < -0.3 is 0 Å². The molecule has 0 saturated heterocycles. The molecule has 0 N–H and O–H groups in total. The van der Waals surface area contributed by atoms with Crippen LogP contribution in [-0.2, 0) is 0 Å². The Morgan fingerprint density at radius 2 is 2.12 bits per heavy atom. The van der Waals surface area contributed by atoms with Crippen molar-refractivity contribution < 1.29 is 4.92 Å². The highest BCUT2D eigenvalue weighted by atomic mass is 79.9. The fourth-order valence-corrected chi connectivity index (χ4v) is 2.26. The summed E-state index contributed by atoms with van der Waals surface area (Å²) in [6, 6.07) is 3.21. The van der Waals surface area contributed by atoms with Crippen LogP contribution in [0.1, 0.15) is 5.56 Å². The van der Waals surface area contributed by atoms with E-state index in [1.807, 2.05) is 0 Å². The first kappa shape index (κ1) is 12.3. The summed E-state index contributed by atoms with van der Waals surface area (Å²) in [5.41, 5.74) is 1.45. The molecule has 0 amide bonds. The number of benzene rings is 1. The van der Waals surface area contributed by atoms with Crippen LogP contribution >= 0.6 is 31.9 Å². The number of rotatable bonds is 2. The number of nitro groups is 1. The van der Waals surface area contributed by atoms with Crippen LogP contribution in [0.25, 0.3) is 5.69 Å². The largest absolute Gasteiger partial charge is 0.273 e. The van der Waals surface area contributed by atoms with E-state index in [1.165, 1.54) is 6.07 Å². The zero-order valence-electron chi connectivity index (χ0n) is 8.72. The quantitative estimate of drug-likeness (QED) is 0.607. The van der Waals surface area contributed by atoms with Crippen LogP contribution in [0.4, 0.5) is 5.69 Å². The van der Waals surface area contributed by atoms with Crippen LogP contribution in [0, 0.1) is 17.0 Å². The second kappa shape index (κ2) is 4.58. The number of aromatic nitrogens is 2. The highest BCUT2D eigenvalue weighted by molar-refractivity contribution is 9.10. The topological polar surface area (TPSA) is 61.0 Å². The van der Waals surface area contributed by atoms with Crippen LogP contribution in [0.3, 0.4) is 0 Å². The fraction of sp³-hybridized carbons (Fsp3) is 0.100. The first-order chi connectivity index (χ1) is 7.99. The van der Waals surface area contributed by atoms with Crippen LogP contribution in [-0.4, -0.2) is 14.7 Å². The van der Waals surface area contributed by atoms with Crippen LogP contribution in [0.5, 0.6) is 0 Å². The number of hydrogen-bond acceptors (Lipinski definition) is 3. The molecule has 0 aliphatic carbocycles. The van der Waals surface area contributed by atoms with Gasteiger partial charge in [0.05, 0.1) is 25.8 Å². The average molecular weight is 361 g/mol. The molecule has 0 atom stereocenters. The lowest BCUT2D eigenvalue weighted by Gasteiger charge is -2.06. The van der Waals surface area contributed by atoms with Crippen molar-refractivity contribution in [2.24, 2.45) is 0 Å². The lowest BCUT2D eigenvalue weighted by molar-refractivity contribution is -0.385. The van der Waals surface area contributed by atoms with E-state index in [0.29, 0.717) is 10.0 Å². The normalized spacial score (nSPS) is 10.5. The monoisotopic (exact) mass is 359 g/mol. The summed E-state index contributed by atoms with van der Waals surface area (Å²) < 4.78 is 3.12. The molecule has 1 aromatic carbocycles. The Morgan fingerprint density at radius 1 is 1.41 bits per heavy atom. The molecule has 0 saturated carbocycles. The van der Waals surface area contributed by atoms with Gasteiger partial charge in [0, 0.05) is 17.8 Å². The summed E-state index contributed by atoms with van der Waals surface area (Å²) >= 11 is 6.62. The predicted molar refractivity (Wildman–Crippen MR) is 70.4 cm³/mol. The van der Waals surface area contributed by atoms with Gasteiger partial charge in [0.2, 0.25) is 0 Å². The first-order valence-corrected chi connectivity index (χ1v) is 6.22. The second-order valence-electron chi connectivity index (χ2n) is 3.45. The van der Waals surface area contributed by atoms with Gasteiger partial charge in [0.25, 0.3) is 5.69 Å².